The highest BCUT2D eigenvalue weighted by Gasteiger charge is 2.16. The quantitative estimate of drug-likeness (QED) is 0.882. The molecule has 0 saturated carbocycles. The number of hydrogen-bond donors (Lipinski definition) is 1. The minimum Gasteiger partial charge on any atom is -0.497 e. The summed E-state index contributed by atoms with van der Waals surface area (Å²) in [6.45, 7) is 0. The summed E-state index contributed by atoms with van der Waals surface area (Å²) in [4.78, 5) is 0. The Morgan fingerprint density at radius 3 is 2.59 bits per heavy atom. The van der Waals surface area contributed by atoms with E-state index < -0.39 is 6.10 Å². The van der Waals surface area contributed by atoms with E-state index in [4.69, 9.17) is 13.9 Å². The number of furan rings is 1. The second kappa shape index (κ2) is 4.93. The molecule has 0 saturated heterocycles. The van der Waals surface area contributed by atoms with Crippen molar-refractivity contribution in [2.75, 3.05) is 14.2 Å². The summed E-state index contributed by atoms with van der Waals surface area (Å²) in [7, 11) is 3.14. The Kier molecular flexibility index (Phi) is 3.35. The van der Waals surface area contributed by atoms with Crippen LogP contribution < -0.4 is 9.47 Å². The summed E-state index contributed by atoms with van der Waals surface area (Å²) in [5.41, 5.74) is 1.36. The average Bonchev–Trinajstić information content (AvgIpc) is 2.91. The van der Waals surface area contributed by atoms with Crippen LogP contribution in [0.15, 0.2) is 41.2 Å². The largest absolute Gasteiger partial charge is 0.497 e. The SMILES string of the molecule is COc1ccc([C@H](O)c2ccoc2)c(OC)c1. The van der Waals surface area contributed by atoms with Gasteiger partial charge in [0.2, 0.25) is 0 Å². The Hall–Kier alpha value is -1.94. The third-order valence-corrected chi connectivity index (χ3v) is 2.59. The maximum Gasteiger partial charge on any atom is 0.128 e. The summed E-state index contributed by atoms with van der Waals surface area (Å²) >= 11 is 0. The Morgan fingerprint density at radius 1 is 1.18 bits per heavy atom. The molecule has 0 bridgehead atoms. The van der Waals surface area contributed by atoms with Crippen LogP contribution in [0.4, 0.5) is 0 Å². The third-order valence-electron chi connectivity index (χ3n) is 2.59. The van der Waals surface area contributed by atoms with Gasteiger partial charge in [0.05, 0.1) is 26.7 Å². The van der Waals surface area contributed by atoms with Crippen LogP contribution in [0.25, 0.3) is 0 Å². The second-order valence-electron chi connectivity index (χ2n) is 3.57. The predicted molar refractivity (Wildman–Crippen MR) is 62.3 cm³/mol. The fraction of sp³-hybridized carbons (Fsp3) is 0.231. The van der Waals surface area contributed by atoms with Crippen LogP contribution in [-0.2, 0) is 0 Å². The molecule has 90 valence electrons. The van der Waals surface area contributed by atoms with Crippen LogP contribution in [0.3, 0.4) is 0 Å². The lowest BCUT2D eigenvalue weighted by Crippen LogP contribution is -2.01. The van der Waals surface area contributed by atoms with Crippen molar-refractivity contribution >= 4 is 0 Å². The van der Waals surface area contributed by atoms with Gasteiger partial charge in [-0.25, -0.2) is 0 Å². The molecule has 1 aromatic heterocycles. The van der Waals surface area contributed by atoms with Gasteiger partial charge >= 0.3 is 0 Å². The van der Waals surface area contributed by atoms with E-state index in [1.807, 2.05) is 0 Å². The molecule has 0 aliphatic heterocycles. The normalized spacial score (nSPS) is 12.2. The monoisotopic (exact) mass is 234 g/mol. The van der Waals surface area contributed by atoms with Gasteiger partial charge in [-0.2, -0.15) is 0 Å². The number of rotatable bonds is 4. The van der Waals surface area contributed by atoms with Crippen LogP contribution >= 0.6 is 0 Å². The van der Waals surface area contributed by atoms with E-state index in [0.717, 1.165) is 0 Å². The smallest absolute Gasteiger partial charge is 0.128 e. The van der Waals surface area contributed by atoms with E-state index in [-0.39, 0.29) is 0 Å². The van der Waals surface area contributed by atoms with E-state index in [2.05, 4.69) is 0 Å². The highest BCUT2D eigenvalue weighted by Crippen LogP contribution is 2.32. The van der Waals surface area contributed by atoms with Crippen LogP contribution in [0, 0.1) is 0 Å². The van der Waals surface area contributed by atoms with Gasteiger partial charge < -0.3 is 19.0 Å². The first-order valence-electron chi connectivity index (χ1n) is 5.18. The van der Waals surface area contributed by atoms with E-state index in [9.17, 15) is 5.11 Å². The zero-order valence-electron chi connectivity index (χ0n) is 9.71. The van der Waals surface area contributed by atoms with Gasteiger partial charge in [-0.3, -0.25) is 0 Å². The van der Waals surface area contributed by atoms with E-state index in [0.29, 0.717) is 22.6 Å². The highest BCUT2D eigenvalue weighted by molar-refractivity contribution is 5.44. The molecule has 4 heteroatoms. The molecule has 4 nitrogen and oxygen atoms in total. The molecule has 0 aliphatic carbocycles. The van der Waals surface area contributed by atoms with Crippen molar-refractivity contribution in [1.29, 1.82) is 0 Å². The molecule has 2 rings (SSSR count). The number of ether oxygens (including phenoxy) is 2. The average molecular weight is 234 g/mol. The van der Waals surface area contributed by atoms with Gasteiger partial charge in [-0.05, 0) is 18.2 Å². The van der Waals surface area contributed by atoms with E-state index >= 15 is 0 Å². The van der Waals surface area contributed by atoms with Crippen molar-refractivity contribution in [3.05, 3.63) is 47.9 Å². The van der Waals surface area contributed by atoms with Gasteiger partial charge in [0.1, 0.15) is 17.6 Å². The lowest BCUT2D eigenvalue weighted by molar-refractivity contribution is 0.213. The van der Waals surface area contributed by atoms with Crippen molar-refractivity contribution in [2.45, 2.75) is 6.10 Å². The standard InChI is InChI=1S/C13H14O4/c1-15-10-3-4-11(12(7-10)16-2)13(14)9-5-6-17-8-9/h3-8,13-14H,1-2H3/t13-/m1/s1. The van der Waals surface area contributed by atoms with Gasteiger partial charge in [0.15, 0.2) is 0 Å². The highest BCUT2D eigenvalue weighted by atomic mass is 16.5. The topological polar surface area (TPSA) is 51.8 Å². The summed E-state index contributed by atoms with van der Waals surface area (Å²) in [5, 5.41) is 10.2. The molecule has 1 heterocycles. The molecule has 1 aromatic carbocycles. The number of hydrogen-bond acceptors (Lipinski definition) is 4. The van der Waals surface area contributed by atoms with Gasteiger partial charge in [-0.15, -0.1) is 0 Å². The third kappa shape index (κ3) is 2.26. The first-order chi connectivity index (χ1) is 8.26. The molecule has 2 aromatic rings. The Bertz CT molecular complexity index is 476. The lowest BCUT2D eigenvalue weighted by atomic mass is 10.0. The first kappa shape index (κ1) is 11.5. The fourth-order valence-electron chi connectivity index (χ4n) is 1.65. The molecule has 0 aliphatic rings. The van der Waals surface area contributed by atoms with E-state index in [1.165, 1.54) is 12.5 Å². The molecule has 0 amide bonds. The Morgan fingerprint density at radius 2 is 2.00 bits per heavy atom. The zero-order valence-corrected chi connectivity index (χ0v) is 9.71. The predicted octanol–water partition coefficient (Wildman–Crippen LogP) is 2.38. The maximum atomic E-state index is 10.2. The molecule has 0 spiro atoms. The molecule has 0 fully saturated rings. The first-order valence-corrected chi connectivity index (χ1v) is 5.18. The zero-order chi connectivity index (χ0) is 12.3. The summed E-state index contributed by atoms with van der Waals surface area (Å²) in [6, 6.07) is 7.00. The molecular formula is C13H14O4. The Labute approximate surface area is 99.4 Å². The van der Waals surface area contributed by atoms with Crippen molar-refractivity contribution in [2.24, 2.45) is 0 Å². The van der Waals surface area contributed by atoms with E-state index in [1.54, 1.807) is 38.5 Å². The molecule has 1 N–H and O–H groups in total. The summed E-state index contributed by atoms with van der Waals surface area (Å²) < 4.78 is 15.3. The second-order valence-corrected chi connectivity index (χ2v) is 3.57. The van der Waals surface area contributed by atoms with Crippen LogP contribution in [-0.4, -0.2) is 19.3 Å². The molecule has 17 heavy (non-hydrogen) atoms. The minimum atomic E-state index is -0.769. The van der Waals surface area contributed by atoms with Gasteiger partial charge in [0, 0.05) is 17.2 Å². The molecule has 1 atom stereocenters. The summed E-state index contributed by atoms with van der Waals surface area (Å²) in [6.07, 6.45) is 2.26. The number of aliphatic hydroxyl groups is 1. The molecular weight excluding hydrogens is 220 g/mol. The van der Waals surface area contributed by atoms with Crippen molar-refractivity contribution in [3.63, 3.8) is 0 Å². The Balaban J connectivity index is 2.38. The number of aliphatic hydroxyl groups excluding tert-OH is 1. The van der Waals surface area contributed by atoms with Crippen LogP contribution in [0.1, 0.15) is 17.2 Å². The van der Waals surface area contributed by atoms with Crippen LogP contribution in [0.2, 0.25) is 0 Å². The maximum absolute atomic E-state index is 10.2. The number of methoxy groups -OCH3 is 2. The summed E-state index contributed by atoms with van der Waals surface area (Å²) in [5.74, 6) is 1.27. The fourth-order valence-corrected chi connectivity index (χ4v) is 1.65. The van der Waals surface area contributed by atoms with Crippen molar-refractivity contribution in [3.8, 4) is 11.5 Å². The molecule has 0 unspecified atom stereocenters. The lowest BCUT2D eigenvalue weighted by Gasteiger charge is -2.14. The minimum absolute atomic E-state index is 0.582. The van der Waals surface area contributed by atoms with Gasteiger partial charge in [0.25, 0.3) is 0 Å². The van der Waals surface area contributed by atoms with Crippen molar-refractivity contribution in [1.82, 2.24) is 0 Å². The van der Waals surface area contributed by atoms with Crippen molar-refractivity contribution < 1.29 is 19.0 Å². The number of benzene rings is 1. The van der Waals surface area contributed by atoms with Crippen LogP contribution in [0.5, 0.6) is 11.5 Å². The van der Waals surface area contributed by atoms with Gasteiger partial charge in [-0.1, -0.05) is 0 Å². The molecule has 0 radical (unpaired) electrons.